The lowest BCUT2D eigenvalue weighted by Crippen LogP contribution is -2.26. The summed E-state index contributed by atoms with van der Waals surface area (Å²) in [5.41, 5.74) is 0. The first-order chi connectivity index (χ1) is 9.49. The summed E-state index contributed by atoms with van der Waals surface area (Å²) in [6.07, 6.45) is 3.10. The zero-order valence-corrected chi connectivity index (χ0v) is 12.6. The zero-order chi connectivity index (χ0) is 14.3. The van der Waals surface area contributed by atoms with Gasteiger partial charge in [-0.15, -0.1) is 21.5 Å². The van der Waals surface area contributed by atoms with Crippen molar-refractivity contribution in [3.63, 3.8) is 0 Å². The van der Waals surface area contributed by atoms with Crippen LogP contribution in [-0.4, -0.2) is 32.6 Å². The van der Waals surface area contributed by atoms with Crippen LogP contribution in [0.1, 0.15) is 5.82 Å². The van der Waals surface area contributed by atoms with Crippen molar-refractivity contribution in [2.75, 3.05) is 0 Å². The molecule has 0 bridgehead atoms. The average molecular weight is 333 g/mol. The van der Waals surface area contributed by atoms with E-state index >= 15 is 0 Å². The fraction of sp³-hybridized carbons (Fsp3) is 0.222. The molecule has 0 aliphatic rings. The van der Waals surface area contributed by atoms with Crippen molar-refractivity contribution >= 4 is 37.9 Å². The van der Waals surface area contributed by atoms with E-state index in [2.05, 4.69) is 19.9 Å². The fourth-order valence-electron chi connectivity index (χ4n) is 1.67. The van der Waals surface area contributed by atoms with Gasteiger partial charge in [0.15, 0.2) is 15.1 Å². The second-order valence-electron chi connectivity index (χ2n) is 3.95. The molecular weight excluding hydrogens is 324 g/mol. The molecule has 3 aromatic rings. The van der Waals surface area contributed by atoms with E-state index in [1.165, 1.54) is 22.1 Å². The molecule has 0 unspecified atom stereocenters. The lowest BCUT2D eigenvalue weighted by atomic mass is 10.6. The highest BCUT2D eigenvalue weighted by Crippen LogP contribution is 2.25. The molecule has 0 aliphatic heterocycles. The minimum Gasteiger partial charge on any atom is -0.320 e. The van der Waals surface area contributed by atoms with Gasteiger partial charge in [0.25, 0.3) is 10.0 Å². The topological polar surface area (TPSA) is 94.2 Å². The number of nitrogens with one attached hydrogen (secondary N) is 1. The van der Waals surface area contributed by atoms with E-state index in [0.717, 1.165) is 0 Å². The first kappa shape index (κ1) is 13.5. The van der Waals surface area contributed by atoms with E-state index in [1.54, 1.807) is 23.2 Å². The Balaban J connectivity index is 1.94. The second-order valence-corrected chi connectivity index (χ2v) is 6.86. The highest BCUT2D eigenvalue weighted by Gasteiger charge is 2.25. The molecule has 0 aromatic carbocycles. The Labute approximate surface area is 123 Å². The summed E-state index contributed by atoms with van der Waals surface area (Å²) < 4.78 is 30.1. The maximum Gasteiger partial charge on any atom is 0.260 e. The van der Waals surface area contributed by atoms with Crippen LogP contribution < -0.4 is 4.72 Å². The van der Waals surface area contributed by atoms with Gasteiger partial charge in [-0.25, -0.2) is 18.1 Å². The standard InChI is InChI=1S/C9H9ClN6O2S2/c1-15-5-11-14-6(15)4-12-20(17,18)8-7(10)13-9-16(8)2-3-19-9/h2-3,5,12H,4H2,1H3. The molecule has 3 aromatic heterocycles. The molecule has 0 saturated heterocycles. The van der Waals surface area contributed by atoms with Gasteiger partial charge < -0.3 is 4.57 Å². The van der Waals surface area contributed by atoms with E-state index in [-0.39, 0.29) is 16.7 Å². The third kappa shape index (κ3) is 2.20. The number of thiazole rings is 1. The summed E-state index contributed by atoms with van der Waals surface area (Å²) >= 11 is 7.21. The summed E-state index contributed by atoms with van der Waals surface area (Å²) in [6, 6.07) is 0. The molecule has 1 N–H and O–H groups in total. The van der Waals surface area contributed by atoms with Gasteiger partial charge in [-0.05, 0) is 0 Å². The molecule has 0 atom stereocenters. The number of rotatable bonds is 4. The Morgan fingerprint density at radius 2 is 2.30 bits per heavy atom. The quantitative estimate of drug-likeness (QED) is 0.757. The van der Waals surface area contributed by atoms with Crippen molar-refractivity contribution in [2.45, 2.75) is 11.6 Å². The lowest BCUT2D eigenvalue weighted by Gasteiger charge is -2.05. The van der Waals surface area contributed by atoms with Crippen molar-refractivity contribution in [2.24, 2.45) is 7.05 Å². The molecule has 20 heavy (non-hydrogen) atoms. The van der Waals surface area contributed by atoms with Crippen molar-refractivity contribution in [3.05, 3.63) is 28.9 Å². The number of imidazole rings is 1. The molecule has 0 saturated carbocycles. The smallest absolute Gasteiger partial charge is 0.260 e. The van der Waals surface area contributed by atoms with Crippen LogP contribution >= 0.6 is 22.9 Å². The van der Waals surface area contributed by atoms with Gasteiger partial charge in [0, 0.05) is 18.6 Å². The van der Waals surface area contributed by atoms with Gasteiger partial charge in [-0.1, -0.05) is 11.6 Å². The number of hydrogen-bond acceptors (Lipinski definition) is 6. The maximum absolute atomic E-state index is 12.3. The van der Waals surface area contributed by atoms with E-state index in [9.17, 15) is 8.42 Å². The zero-order valence-electron chi connectivity index (χ0n) is 10.2. The minimum atomic E-state index is -3.79. The molecule has 3 rings (SSSR count). The van der Waals surface area contributed by atoms with E-state index in [0.29, 0.717) is 10.8 Å². The number of hydrogen-bond donors (Lipinski definition) is 1. The lowest BCUT2D eigenvalue weighted by molar-refractivity contribution is 0.572. The number of halogens is 1. The average Bonchev–Trinajstić information content (AvgIpc) is 3.02. The third-order valence-electron chi connectivity index (χ3n) is 2.66. The molecule has 8 nitrogen and oxygen atoms in total. The molecule has 3 heterocycles. The van der Waals surface area contributed by atoms with Crippen LogP contribution in [0.3, 0.4) is 0 Å². The monoisotopic (exact) mass is 332 g/mol. The van der Waals surface area contributed by atoms with Gasteiger partial charge in [-0.2, -0.15) is 0 Å². The van der Waals surface area contributed by atoms with Crippen molar-refractivity contribution in [1.82, 2.24) is 28.9 Å². The van der Waals surface area contributed by atoms with Crippen molar-refractivity contribution in [1.29, 1.82) is 0 Å². The van der Waals surface area contributed by atoms with E-state index in [1.807, 2.05) is 0 Å². The summed E-state index contributed by atoms with van der Waals surface area (Å²) in [6.45, 7) is 0.0204. The van der Waals surface area contributed by atoms with Gasteiger partial charge >= 0.3 is 0 Å². The summed E-state index contributed by atoms with van der Waals surface area (Å²) in [7, 11) is -2.06. The molecule has 0 spiro atoms. The van der Waals surface area contributed by atoms with Gasteiger partial charge in [0.1, 0.15) is 12.2 Å². The van der Waals surface area contributed by atoms with Gasteiger partial charge in [-0.3, -0.25) is 4.40 Å². The van der Waals surface area contributed by atoms with Crippen molar-refractivity contribution < 1.29 is 8.42 Å². The number of fused-ring (bicyclic) bond motifs is 1. The maximum atomic E-state index is 12.3. The molecular formula is C9H9ClN6O2S2. The number of nitrogens with zero attached hydrogens (tertiary/aromatic N) is 5. The molecule has 106 valence electrons. The number of sulfonamides is 1. The largest absolute Gasteiger partial charge is 0.320 e. The Morgan fingerprint density at radius 1 is 1.50 bits per heavy atom. The van der Waals surface area contributed by atoms with Crippen LogP contribution in [-0.2, 0) is 23.6 Å². The Hall–Kier alpha value is -1.49. The highest BCUT2D eigenvalue weighted by atomic mass is 35.5. The van der Waals surface area contributed by atoms with Crippen LogP contribution in [0.2, 0.25) is 5.15 Å². The first-order valence-corrected chi connectivity index (χ1v) is 8.17. The van der Waals surface area contributed by atoms with Crippen LogP contribution in [0.25, 0.3) is 4.96 Å². The van der Waals surface area contributed by atoms with Crippen LogP contribution in [0.4, 0.5) is 0 Å². The summed E-state index contributed by atoms with van der Waals surface area (Å²) in [4.78, 5) is 4.52. The Morgan fingerprint density at radius 3 is 3.00 bits per heavy atom. The minimum absolute atomic E-state index is 0.0204. The predicted octanol–water partition coefficient (Wildman–Crippen LogP) is 0.656. The van der Waals surface area contributed by atoms with Crippen LogP contribution in [0.5, 0.6) is 0 Å². The molecule has 0 aliphatic carbocycles. The Kier molecular flexibility index (Phi) is 3.24. The SMILES string of the molecule is Cn1cnnc1CNS(=O)(=O)c1c(Cl)nc2sccn12. The number of aryl methyl sites for hydroxylation is 1. The predicted molar refractivity (Wildman–Crippen MR) is 73.1 cm³/mol. The number of aromatic nitrogens is 5. The highest BCUT2D eigenvalue weighted by molar-refractivity contribution is 7.89. The first-order valence-electron chi connectivity index (χ1n) is 5.42. The molecule has 0 amide bonds. The van der Waals surface area contributed by atoms with Gasteiger partial charge in [0.2, 0.25) is 0 Å². The van der Waals surface area contributed by atoms with Crippen molar-refractivity contribution in [3.8, 4) is 0 Å². The normalized spacial score (nSPS) is 12.3. The molecule has 11 heteroatoms. The fourth-order valence-corrected chi connectivity index (χ4v) is 4.10. The molecule has 0 radical (unpaired) electrons. The van der Waals surface area contributed by atoms with E-state index in [4.69, 9.17) is 11.6 Å². The van der Waals surface area contributed by atoms with E-state index < -0.39 is 10.0 Å². The van der Waals surface area contributed by atoms with Crippen LogP contribution in [0.15, 0.2) is 22.9 Å². The second kappa shape index (κ2) is 4.81. The third-order valence-corrected chi connectivity index (χ3v) is 5.21. The Bertz CT molecular complexity index is 864. The van der Waals surface area contributed by atoms with Crippen LogP contribution in [0, 0.1) is 0 Å². The summed E-state index contributed by atoms with van der Waals surface area (Å²) in [5.74, 6) is 0.496. The molecule has 0 fully saturated rings. The van der Waals surface area contributed by atoms with Gasteiger partial charge in [0.05, 0.1) is 6.54 Å². The summed E-state index contributed by atoms with van der Waals surface area (Å²) in [5, 5.41) is 9.10.